The molecule has 1 aromatic heterocycles. The Bertz CT molecular complexity index is 452. The molecular formula is C10H7ClN2O. The molecule has 0 aliphatic carbocycles. The quantitative estimate of drug-likeness (QED) is 0.610. The summed E-state index contributed by atoms with van der Waals surface area (Å²) in [6, 6.07) is 1.62. The molecule has 2 atom stereocenters. The Balaban J connectivity index is 2.24. The van der Waals surface area contributed by atoms with E-state index in [0.717, 1.165) is 24.1 Å². The lowest BCUT2D eigenvalue weighted by Gasteiger charge is -2.09. The molecule has 2 bridgehead atoms. The van der Waals surface area contributed by atoms with E-state index in [-0.39, 0.29) is 12.2 Å². The number of fused-ring (bicyclic) bond motifs is 5. The molecule has 2 aliphatic heterocycles. The van der Waals surface area contributed by atoms with Crippen LogP contribution >= 0.6 is 11.6 Å². The van der Waals surface area contributed by atoms with E-state index in [0.29, 0.717) is 10.8 Å². The van der Waals surface area contributed by atoms with Crippen molar-refractivity contribution in [3.63, 3.8) is 0 Å². The second-order valence-corrected chi connectivity index (χ2v) is 3.97. The highest BCUT2D eigenvalue weighted by Gasteiger charge is 2.43. The van der Waals surface area contributed by atoms with E-state index in [9.17, 15) is 0 Å². The zero-order valence-corrected chi connectivity index (χ0v) is 8.08. The topological polar surface area (TPSA) is 26.5 Å². The molecule has 1 saturated heterocycles. The number of hydrogen-bond acceptors (Lipinski definition) is 2. The van der Waals surface area contributed by atoms with E-state index < -0.39 is 0 Å². The third-order valence-electron chi connectivity index (χ3n) is 2.79. The maximum atomic E-state index is 6.90. The van der Waals surface area contributed by atoms with Crippen molar-refractivity contribution >= 4 is 17.4 Å². The van der Waals surface area contributed by atoms with Gasteiger partial charge in [0.1, 0.15) is 6.10 Å². The normalized spacial score (nSPS) is 27.4. The third kappa shape index (κ3) is 0.927. The van der Waals surface area contributed by atoms with Crippen LogP contribution in [0.25, 0.3) is 4.85 Å². The minimum atomic E-state index is 0.0780. The maximum absolute atomic E-state index is 6.90. The Morgan fingerprint density at radius 2 is 2.29 bits per heavy atom. The molecule has 4 heteroatoms. The van der Waals surface area contributed by atoms with Gasteiger partial charge in [0.2, 0.25) is 0 Å². The van der Waals surface area contributed by atoms with Gasteiger partial charge in [-0.1, -0.05) is 18.2 Å². The Kier molecular flexibility index (Phi) is 1.58. The van der Waals surface area contributed by atoms with Crippen LogP contribution < -0.4 is 0 Å². The molecule has 0 aromatic carbocycles. The summed E-state index contributed by atoms with van der Waals surface area (Å²) in [7, 11) is 0. The smallest absolute Gasteiger partial charge is 0.271 e. The van der Waals surface area contributed by atoms with Crippen molar-refractivity contribution in [1.82, 2.24) is 4.98 Å². The van der Waals surface area contributed by atoms with Gasteiger partial charge in [0, 0.05) is 10.6 Å². The molecule has 1 aromatic rings. The molecule has 0 N–H and O–H groups in total. The Morgan fingerprint density at radius 1 is 1.50 bits per heavy atom. The van der Waals surface area contributed by atoms with Crippen LogP contribution in [0, 0.1) is 6.57 Å². The lowest BCUT2D eigenvalue weighted by Crippen LogP contribution is -2.01. The van der Waals surface area contributed by atoms with Gasteiger partial charge in [-0.25, -0.2) is 0 Å². The Labute approximate surface area is 86.5 Å². The van der Waals surface area contributed by atoms with Gasteiger partial charge >= 0.3 is 0 Å². The van der Waals surface area contributed by atoms with Gasteiger partial charge in [-0.05, 0) is 18.9 Å². The predicted octanol–water partition coefficient (Wildman–Crippen LogP) is 3.19. The average Bonchev–Trinajstić information content (AvgIpc) is 2.77. The van der Waals surface area contributed by atoms with Crippen molar-refractivity contribution in [1.29, 1.82) is 0 Å². The SMILES string of the molecule is [C-]#[N+]c1cc(Cl)c2c(n1)C1CCC2O1. The fourth-order valence-electron chi connectivity index (χ4n) is 2.20. The van der Waals surface area contributed by atoms with Crippen molar-refractivity contribution in [2.24, 2.45) is 0 Å². The molecule has 0 saturated carbocycles. The second kappa shape index (κ2) is 2.69. The molecule has 0 spiro atoms. The van der Waals surface area contributed by atoms with Gasteiger partial charge in [0.25, 0.3) is 5.82 Å². The fourth-order valence-corrected chi connectivity index (χ4v) is 2.52. The summed E-state index contributed by atoms with van der Waals surface area (Å²) in [5.74, 6) is 0.366. The van der Waals surface area contributed by atoms with Crippen LogP contribution in [0.5, 0.6) is 0 Å². The molecule has 0 radical (unpaired) electrons. The predicted molar refractivity (Wildman–Crippen MR) is 51.3 cm³/mol. The van der Waals surface area contributed by atoms with Gasteiger partial charge in [-0.2, -0.15) is 0 Å². The van der Waals surface area contributed by atoms with Crippen LogP contribution in [0.1, 0.15) is 36.3 Å². The zero-order valence-electron chi connectivity index (χ0n) is 7.33. The first-order valence-electron chi connectivity index (χ1n) is 4.53. The van der Waals surface area contributed by atoms with E-state index in [2.05, 4.69) is 9.83 Å². The number of ether oxygens (including phenoxy) is 1. The molecule has 2 aliphatic rings. The summed E-state index contributed by atoms with van der Waals surface area (Å²) in [6.07, 6.45) is 2.22. The molecular weight excluding hydrogens is 200 g/mol. The van der Waals surface area contributed by atoms with E-state index in [4.69, 9.17) is 22.9 Å². The second-order valence-electron chi connectivity index (χ2n) is 3.56. The Morgan fingerprint density at radius 3 is 3.07 bits per heavy atom. The van der Waals surface area contributed by atoms with Crippen molar-refractivity contribution in [3.05, 3.63) is 33.8 Å². The third-order valence-corrected chi connectivity index (χ3v) is 3.10. The van der Waals surface area contributed by atoms with Gasteiger partial charge in [-0.3, -0.25) is 0 Å². The molecule has 0 amide bonds. The lowest BCUT2D eigenvalue weighted by molar-refractivity contribution is 0.0704. The number of halogens is 1. The summed E-state index contributed by atoms with van der Waals surface area (Å²) in [5, 5.41) is 0.633. The summed E-state index contributed by atoms with van der Waals surface area (Å²) < 4.78 is 5.67. The van der Waals surface area contributed by atoms with Gasteiger partial charge in [-0.15, -0.1) is 4.98 Å². The van der Waals surface area contributed by atoms with E-state index in [1.807, 2.05) is 0 Å². The van der Waals surface area contributed by atoms with Crippen LogP contribution in [0.4, 0.5) is 5.82 Å². The number of hydrogen-bond donors (Lipinski definition) is 0. The van der Waals surface area contributed by atoms with Crippen LogP contribution in [0.2, 0.25) is 5.02 Å². The molecule has 3 heterocycles. The molecule has 3 rings (SSSR count). The fraction of sp³-hybridized carbons (Fsp3) is 0.400. The molecule has 3 nitrogen and oxygen atoms in total. The summed E-state index contributed by atoms with van der Waals surface area (Å²) in [6.45, 7) is 6.90. The summed E-state index contributed by atoms with van der Waals surface area (Å²) >= 11 is 6.08. The van der Waals surface area contributed by atoms with Gasteiger partial charge in [0.15, 0.2) is 5.69 Å². The number of pyridine rings is 1. The molecule has 2 unspecified atom stereocenters. The van der Waals surface area contributed by atoms with Crippen LogP contribution in [-0.2, 0) is 4.74 Å². The lowest BCUT2D eigenvalue weighted by atomic mass is 9.96. The van der Waals surface area contributed by atoms with Crippen LogP contribution in [0.3, 0.4) is 0 Å². The minimum absolute atomic E-state index is 0.0780. The average molecular weight is 207 g/mol. The molecule has 70 valence electrons. The number of rotatable bonds is 0. The first-order valence-corrected chi connectivity index (χ1v) is 4.90. The van der Waals surface area contributed by atoms with Crippen molar-refractivity contribution in [3.8, 4) is 0 Å². The first-order chi connectivity index (χ1) is 6.79. The van der Waals surface area contributed by atoms with E-state index in [1.165, 1.54) is 0 Å². The first kappa shape index (κ1) is 8.22. The van der Waals surface area contributed by atoms with Crippen molar-refractivity contribution in [2.45, 2.75) is 25.0 Å². The van der Waals surface area contributed by atoms with Crippen molar-refractivity contribution in [2.75, 3.05) is 0 Å². The number of nitrogens with zero attached hydrogens (tertiary/aromatic N) is 2. The minimum Gasteiger partial charge on any atom is -0.361 e. The van der Waals surface area contributed by atoms with Crippen LogP contribution in [0.15, 0.2) is 6.07 Å². The van der Waals surface area contributed by atoms with Gasteiger partial charge in [0.05, 0.1) is 6.10 Å². The largest absolute Gasteiger partial charge is 0.361 e. The van der Waals surface area contributed by atoms with E-state index in [1.54, 1.807) is 6.07 Å². The highest BCUT2D eigenvalue weighted by Crippen LogP contribution is 2.52. The van der Waals surface area contributed by atoms with Crippen LogP contribution in [-0.4, -0.2) is 4.98 Å². The molecule has 14 heavy (non-hydrogen) atoms. The highest BCUT2D eigenvalue weighted by molar-refractivity contribution is 6.31. The Hall–Kier alpha value is -1.11. The summed E-state index contributed by atoms with van der Waals surface area (Å²) in [5.41, 5.74) is 1.90. The maximum Gasteiger partial charge on any atom is 0.271 e. The molecule has 1 fully saturated rings. The monoisotopic (exact) mass is 206 g/mol. The highest BCUT2D eigenvalue weighted by atomic mass is 35.5. The van der Waals surface area contributed by atoms with Crippen molar-refractivity contribution < 1.29 is 4.74 Å². The van der Waals surface area contributed by atoms with E-state index >= 15 is 0 Å². The standard InChI is InChI=1S/C10H7ClN2O/c1-12-8-4-5(11)9-6-2-3-7(14-6)10(9)13-8/h4,6-7H,2-3H2. The zero-order chi connectivity index (χ0) is 9.71. The summed E-state index contributed by atoms with van der Waals surface area (Å²) in [4.78, 5) is 7.54. The number of aromatic nitrogens is 1. The van der Waals surface area contributed by atoms with Gasteiger partial charge < -0.3 is 9.58 Å².